The molecule has 0 saturated heterocycles. The number of aliphatic hydroxyl groups is 1. The summed E-state index contributed by atoms with van der Waals surface area (Å²) in [4.78, 5) is 0. The van der Waals surface area contributed by atoms with Gasteiger partial charge in [0.25, 0.3) is 0 Å². The zero-order valence-electron chi connectivity index (χ0n) is 9.15. The van der Waals surface area contributed by atoms with Crippen LogP contribution in [0.3, 0.4) is 0 Å². The number of hydrogen-bond donors (Lipinski definition) is 1. The second-order valence-electron chi connectivity index (χ2n) is 4.20. The monoisotopic (exact) mass is 206 g/mol. The molecule has 1 atom stereocenters. The summed E-state index contributed by atoms with van der Waals surface area (Å²) in [5, 5.41) is 10.1. The molecule has 0 spiro atoms. The second-order valence-corrected chi connectivity index (χ2v) is 4.20. The molecule has 1 unspecified atom stereocenters. The summed E-state index contributed by atoms with van der Waals surface area (Å²) < 4.78 is 5.29. The average Bonchev–Trinajstić information content (AvgIpc) is 3.08. The van der Waals surface area contributed by atoms with Gasteiger partial charge in [0, 0.05) is 12.0 Å². The molecule has 1 aromatic carbocycles. The van der Waals surface area contributed by atoms with Gasteiger partial charge in [0.2, 0.25) is 0 Å². The van der Waals surface area contributed by atoms with Crippen molar-refractivity contribution in [2.45, 2.75) is 31.3 Å². The van der Waals surface area contributed by atoms with Crippen molar-refractivity contribution < 1.29 is 9.84 Å². The molecule has 1 aromatic rings. The average molecular weight is 206 g/mol. The van der Waals surface area contributed by atoms with Gasteiger partial charge in [0.15, 0.2) is 0 Å². The highest BCUT2D eigenvalue weighted by Crippen LogP contribution is 2.50. The van der Waals surface area contributed by atoms with E-state index in [1.54, 1.807) is 0 Å². The van der Waals surface area contributed by atoms with Crippen LogP contribution >= 0.6 is 0 Å². The Hall–Kier alpha value is -0.860. The van der Waals surface area contributed by atoms with Gasteiger partial charge in [0.1, 0.15) is 0 Å². The maximum Gasteiger partial charge on any atom is 0.0869 e. The third-order valence-electron chi connectivity index (χ3n) is 3.26. The summed E-state index contributed by atoms with van der Waals surface area (Å²) in [7, 11) is 0. The maximum atomic E-state index is 10.1. The summed E-state index contributed by atoms with van der Waals surface area (Å²) in [5.74, 6) is 0. The lowest BCUT2D eigenvalue weighted by atomic mass is 9.90. The zero-order chi connectivity index (χ0) is 10.7. The fourth-order valence-electron chi connectivity index (χ4n) is 2.11. The molecule has 2 rings (SSSR count). The SMILES string of the molecule is CCOCC(O)C1(c2ccccc2)CC1. The summed E-state index contributed by atoms with van der Waals surface area (Å²) >= 11 is 0. The van der Waals surface area contributed by atoms with Crippen LogP contribution in [-0.2, 0) is 10.2 Å². The van der Waals surface area contributed by atoms with Crippen LogP contribution in [0.2, 0.25) is 0 Å². The molecule has 0 aliphatic heterocycles. The van der Waals surface area contributed by atoms with E-state index >= 15 is 0 Å². The molecule has 82 valence electrons. The maximum absolute atomic E-state index is 10.1. The molecule has 1 fully saturated rings. The molecule has 0 radical (unpaired) electrons. The van der Waals surface area contributed by atoms with E-state index in [2.05, 4.69) is 12.1 Å². The lowest BCUT2D eigenvalue weighted by Gasteiger charge is -2.22. The van der Waals surface area contributed by atoms with Gasteiger partial charge in [-0.2, -0.15) is 0 Å². The third-order valence-corrected chi connectivity index (χ3v) is 3.26. The number of rotatable bonds is 5. The standard InChI is InChI=1S/C13H18O2/c1-2-15-10-12(14)13(8-9-13)11-6-4-3-5-7-11/h3-7,12,14H,2,8-10H2,1H3. The largest absolute Gasteiger partial charge is 0.390 e. The zero-order valence-corrected chi connectivity index (χ0v) is 9.15. The van der Waals surface area contributed by atoms with Crippen molar-refractivity contribution in [2.75, 3.05) is 13.2 Å². The van der Waals surface area contributed by atoms with Crippen LogP contribution in [0, 0.1) is 0 Å². The van der Waals surface area contributed by atoms with Gasteiger partial charge in [0.05, 0.1) is 12.7 Å². The van der Waals surface area contributed by atoms with E-state index < -0.39 is 0 Å². The van der Waals surface area contributed by atoms with Gasteiger partial charge in [-0.1, -0.05) is 30.3 Å². The van der Waals surface area contributed by atoms with E-state index in [4.69, 9.17) is 4.74 Å². The van der Waals surface area contributed by atoms with Crippen molar-refractivity contribution in [3.63, 3.8) is 0 Å². The van der Waals surface area contributed by atoms with Gasteiger partial charge < -0.3 is 9.84 Å². The van der Waals surface area contributed by atoms with E-state index in [1.165, 1.54) is 5.56 Å². The van der Waals surface area contributed by atoms with Crippen molar-refractivity contribution in [1.82, 2.24) is 0 Å². The van der Waals surface area contributed by atoms with Crippen molar-refractivity contribution in [1.29, 1.82) is 0 Å². The smallest absolute Gasteiger partial charge is 0.0869 e. The minimum absolute atomic E-state index is 0.0174. The van der Waals surface area contributed by atoms with Gasteiger partial charge >= 0.3 is 0 Å². The number of benzene rings is 1. The molecule has 1 aliphatic carbocycles. The minimum atomic E-state index is -0.361. The Kier molecular flexibility index (Phi) is 3.08. The molecular formula is C13H18O2. The van der Waals surface area contributed by atoms with Crippen molar-refractivity contribution in [3.05, 3.63) is 35.9 Å². The molecule has 2 heteroatoms. The van der Waals surface area contributed by atoms with E-state index in [9.17, 15) is 5.11 Å². The van der Waals surface area contributed by atoms with Crippen LogP contribution in [0.25, 0.3) is 0 Å². The number of aliphatic hydroxyl groups excluding tert-OH is 1. The summed E-state index contributed by atoms with van der Waals surface area (Å²) in [5.41, 5.74) is 1.23. The first-order chi connectivity index (χ1) is 7.29. The molecule has 2 nitrogen and oxygen atoms in total. The van der Waals surface area contributed by atoms with Crippen LogP contribution in [0.1, 0.15) is 25.3 Å². The van der Waals surface area contributed by atoms with E-state index in [0.717, 1.165) is 12.8 Å². The Labute approximate surface area is 90.9 Å². The molecule has 0 bridgehead atoms. The van der Waals surface area contributed by atoms with Crippen LogP contribution in [0.5, 0.6) is 0 Å². The first kappa shape index (κ1) is 10.7. The molecule has 1 saturated carbocycles. The van der Waals surface area contributed by atoms with Gasteiger partial charge in [-0.05, 0) is 25.3 Å². The van der Waals surface area contributed by atoms with E-state index in [1.807, 2.05) is 25.1 Å². The normalized spacial score (nSPS) is 19.9. The fraction of sp³-hybridized carbons (Fsp3) is 0.538. The third kappa shape index (κ3) is 2.06. The first-order valence-corrected chi connectivity index (χ1v) is 5.61. The first-order valence-electron chi connectivity index (χ1n) is 5.61. The summed E-state index contributed by atoms with van der Waals surface area (Å²) in [6.07, 6.45) is 1.79. The lowest BCUT2D eigenvalue weighted by Crippen LogP contribution is -2.30. The summed E-state index contributed by atoms with van der Waals surface area (Å²) in [6, 6.07) is 10.3. The summed E-state index contributed by atoms with van der Waals surface area (Å²) in [6.45, 7) is 3.07. The van der Waals surface area contributed by atoms with Crippen molar-refractivity contribution >= 4 is 0 Å². The predicted octanol–water partition coefficient (Wildman–Crippen LogP) is 2.12. The molecular weight excluding hydrogens is 188 g/mol. The van der Waals surface area contributed by atoms with Crippen molar-refractivity contribution in [2.24, 2.45) is 0 Å². The van der Waals surface area contributed by atoms with Crippen molar-refractivity contribution in [3.8, 4) is 0 Å². The van der Waals surface area contributed by atoms with Crippen LogP contribution in [0.15, 0.2) is 30.3 Å². The topological polar surface area (TPSA) is 29.5 Å². The molecule has 0 amide bonds. The highest BCUT2D eigenvalue weighted by Gasteiger charge is 2.50. The molecule has 1 aliphatic rings. The second kappa shape index (κ2) is 4.33. The quantitative estimate of drug-likeness (QED) is 0.799. The van der Waals surface area contributed by atoms with Crippen LogP contribution in [-0.4, -0.2) is 24.4 Å². The van der Waals surface area contributed by atoms with E-state index in [-0.39, 0.29) is 11.5 Å². The Balaban J connectivity index is 2.07. The Morgan fingerprint density at radius 3 is 2.53 bits per heavy atom. The Morgan fingerprint density at radius 2 is 2.00 bits per heavy atom. The molecule has 1 N–H and O–H groups in total. The Morgan fingerprint density at radius 1 is 1.33 bits per heavy atom. The fourth-order valence-corrected chi connectivity index (χ4v) is 2.11. The lowest BCUT2D eigenvalue weighted by molar-refractivity contribution is 0.0209. The van der Waals surface area contributed by atoms with Gasteiger partial charge in [-0.15, -0.1) is 0 Å². The van der Waals surface area contributed by atoms with Gasteiger partial charge in [-0.25, -0.2) is 0 Å². The van der Waals surface area contributed by atoms with Crippen LogP contribution < -0.4 is 0 Å². The minimum Gasteiger partial charge on any atom is -0.390 e. The highest BCUT2D eigenvalue weighted by molar-refractivity contribution is 5.32. The van der Waals surface area contributed by atoms with E-state index in [0.29, 0.717) is 13.2 Å². The van der Waals surface area contributed by atoms with Gasteiger partial charge in [-0.3, -0.25) is 0 Å². The predicted molar refractivity (Wildman–Crippen MR) is 59.9 cm³/mol. The number of hydrogen-bond acceptors (Lipinski definition) is 2. The molecule has 15 heavy (non-hydrogen) atoms. The number of ether oxygens (including phenoxy) is 1. The Bertz CT molecular complexity index is 304. The van der Waals surface area contributed by atoms with Crippen LogP contribution in [0.4, 0.5) is 0 Å². The highest BCUT2D eigenvalue weighted by atomic mass is 16.5. The molecule has 0 heterocycles. The molecule has 0 aromatic heterocycles.